The number of carbonyl (C=O) groups excluding carboxylic acids is 1. The molecule has 1 aliphatic carbocycles. The third kappa shape index (κ3) is 6.98. The fourth-order valence-corrected chi connectivity index (χ4v) is 9.56. The minimum atomic E-state index is -1.31. The molecule has 3 aromatic rings. The van der Waals surface area contributed by atoms with Gasteiger partial charge in [0.05, 0.1) is 38.2 Å². The normalized spacial score (nSPS) is 24.1. The van der Waals surface area contributed by atoms with E-state index in [4.69, 9.17) is 4.74 Å². The predicted molar refractivity (Wildman–Crippen MR) is 184 cm³/mol. The predicted octanol–water partition coefficient (Wildman–Crippen LogP) is 5.81. The highest BCUT2D eigenvalue weighted by Crippen LogP contribution is 2.54. The van der Waals surface area contributed by atoms with Gasteiger partial charge in [0.2, 0.25) is 0 Å². The SMILES string of the molecule is COC(=O)C[C@H]1CCC[C@@H]1[C@](CN1CCC1)(c1cccc(F)c1)C1CCN(CC2(F)CN(c3ccc(C#N)c(Cn4ccnc4)c3)C2)CC1. The van der Waals surface area contributed by atoms with Crippen LogP contribution in [0.3, 0.4) is 0 Å². The molecule has 0 amide bonds. The molecule has 3 atom stereocenters. The zero-order valence-corrected chi connectivity index (χ0v) is 28.6. The van der Waals surface area contributed by atoms with Gasteiger partial charge in [0.15, 0.2) is 5.67 Å². The highest BCUT2D eigenvalue weighted by atomic mass is 19.1. The zero-order chi connectivity index (χ0) is 34.0. The Morgan fingerprint density at radius 3 is 2.55 bits per heavy atom. The van der Waals surface area contributed by atoms with Crippen molar-refractivity contribution in [3.63, 3.8) is 0 Å². The Bertz CT molecular complexity index is 1640. The summed E-state index contributed by atoms with van der Waals surface area (Å²) in [5.74, 6) is 0.380. The Morgan fingerprint density at radius 2 is 1.88 bits per heavy atom. The Kier molecular flexibility index (Phi) is 9.76. The van der Waals surface area contributed by atoms with Crippen molar-refractivity contribution in [3.05, 3.63) is 83.7 Å². The highest BCUT2D eigenvalue weighted by molar-refractivity contribution is 5.69. The van der Waals surface area contributed by atoms with Crippen molar-refractivity contribution in [2.24, 2.45) is 17.8 Å². The molecule has 3 saturated heterocycles. The minimum absolute atomic E-state index is 0.165. The third-order valence-electron chi connectivity index (χ3n) is 12.0. The number of piperidine rings is 1. The van der Waals surface area contributed by atoms with Crippen molar-refractivity contribution in [2.75, 3.05) is 64.4 Å². The van der Waals surface area contributed by atoms with E-state index in [0.717, 1.165) is 81.6 Å². The number of hydrogen-bond acceptors (Lipinski definition) is 7. The lowest BCUT2D eigenvalue weighted by atomic mass is 9.56. The quantitative estimate of drug-likeness (QED) is 0.225. The Labute approximate surface area is 288 Å². The molecule has 4 heterocycles. The molecule has 1 aromatic heterocycles. The molecule has 0 N–H and O–H groups in total. The molecule has 7 rings (SSSR count). The molecular weight excluding hydrogens is 622 g/mol. The molecular formula is C39H48F2N6O2. The minimum Gasteiger partial charge on any atom is -0.469 e. The summed E-state index contributed by atoms with van der Waals surface area (Å²) in [5, 5.41) is 9.65. The van der Waals surface area contributed by atoms with Crippen molar-refractivity contribution in [1.29, 1.82) is 5.26 Å². The average molecular weight is 671 g/mol. The van der Waals surface area contributed by atoms with E-state index in [-0.39, 0.29) is 29.0 Å². The fourth-order valence-electron chi connectivity index (χ4n) is 9.56. The first-order chi connectivity index (χ1) is 23.8. The topological polar surface area (TPSA) is 77.6 Å². The first-order valence-electron chi connectivity index (χ1n) is 18.0. The Morgan fingerprint density at radius 1 is 1.06 bits per heavy atom. The van der Waals surface area contributed by atoms with E-state index in [1.54, 1.807) is 18.6 Å². The monoisotopic (exact) mass is 670 g/mol. The van der Waals surface area contributed by atoms with Gasteiger partial charge in [-0.1, -0.05) is 18.6 Å². The second kappa shape index (κ2) is 14.2. The second-order valence-corrected chi connectivity index (χ2v) is 15.0. The van der Waals surface area contributed by atoms with Crippen LogP contribution >= 0.6 is 0 Å². The standard InChI is InChI=1S/C39H48F2N6O2/c1-49-37(48)20-29-5-2-8-36(29)39(27-44-14-4-15-44,33-6-3-7-34(40)21-33)32-11-16-45(17-12-32)24-38(41)25-47(26-38)35-10-9-30(22-42)31(19-35)23-46-18-13-43-28-46/h3,6-7,9-10,13,18-19,21,28-29,32,36H,2,4-5,8,11-12,14-17,20,23-27H2,1H3/t29-,36+,39+/m1/s1. The summed E-state index contributed by atoms with van der Waals surface area (Å²) in [7, 11) is 1.46. The van der Waals surface area contributed by atoms with Crippen LogP contribution in [0, 0.1) is 34.9 Å². The van der Waals surface area contributed by atoms with Crippen molar-refractivity contribution in [2.45, 2.75) is 62.6 Å². The van der Waals surface area contributed by atoms with Gasteiger partial charge in [0.1, 0.15) is 5.82 Å². The number of carbonyl (C=O) groups is 1. The number of ether oxygens (including phenoxy) is 1. The molecule has 3 aliphatic heterocycles. The number of nitriles is 1. The largest absolute Gasteiger partial charge is 0.469 e. The molecule has 4 fully saturated rings. The van der Waals surface area contributed by atoms with Gasteiger partial charge in [-0.3, -0.25) is 9.69 Å². The van der Waals surface area contributed by atoms with E-state index in [1.807, 2.05) is 35.0 Å². The summed E-state index contributed by atoms with van der Waals surface area (Å²) in [6.45, 7) is 6.15. The molecule has 10 heteroatoms. The second-order valence-electron chi connectivity index (χ2n) is 15.0. The number of rotatable bonds is 12. The van der Waals surface area contributed by atoms with Crippen LogP contribution in [0.5, 0.6) is 0 Å². The molecule has 0 bridgehead atoms. The molecule has 260 valence electrons. The maximum Gasteiger partial charge on any atom is 0.305 e. The van der Waals surface area contributed by atoms with Crippen LogP contribution in [0.4, 0.5) is 14.5 Å². The summed E-state index contributed by atoms with van der Waals surface area (Å²) in [5.41, 5.74) is 1.92. The summed E-state index contributed by atoms with van der Waals surface area (Å²) < 4.78 is 38.3. The molecule has 0 unspecified atom stereocenters. The lowest BCUT2D eigenvalue weighted by molar-refractivity contribution is -0.142. The number of esters is 1. The number of likely N-dealkylation sites (tertiary alicyclic amines) is 2. The van der Waals surface area contributed by atoms with Gasteiger partial charge in [0.25, 0.3) is 0 Å². The lowest BCUT2D eigenvalue weighted by Gasteiger charge is -2.54. The maximum absolute atomic E-state index is 16.3. The summed E-state index contributed by atoms with van der Waals surface area (Å²) >= 11 is 0. The van der Waals surface area contributed by atoms with Gasteiger partial charge in [-0.2, -0.15) is 5.26 Å². The van der Waals surface area contributed by atoms with Gasteiger partial charge < -0.3 is 19.1 Å². The number of benzene rings is 2. The van der Waals surface area contributed by atoms with Crippen LogP contribution < -0.4 is 4.90 Å². The van der Waals surface area contributed by atoms with Crippen LogP contribution in [0.25, 0.3) is 0 Å². The molecule has 4 aliphatic rings. The van der Waals surface area contributed by atoms with Gasteiger partial charge in [-0.25, -0.2) is 13.8 Å². The van der Waals surface area contributed by atoms with E-state index in [0.29, 0.717) is 44.1 Å². The molecule has 49 heavy (non-hydrogen) atoms. The van der Waals surface area contributed by atoms with Gasteiger partial charge >= 0.3 is 5.97 Å². The Hall–Kier alpha value is -3.81. The van der Waals surface area contributed by atoms with Gasteiger partial charge in [-0.05, 0) is 117 Å². The maximum atomic E-state index is 16.3. The number of halogens is 2. The number of alkyl halides is 1. The summed E-state index contributed by atoms with van der Waals surface area (Å²) in [4.78, 5) is 23.6. The number of methoxy groups -OCH3 is 1. The van der Waals surface area contributed by atoms with Crippen LogP contribution in [0.2, 0.25) is 0 Å². The molecule has 0 spiro atoms. The number of nitrogens with zero attached hydrogens (tertiary/aromatic N) is 6. The number of anilines is 1. The first kappa shape index (κ1) is 33.7. The van der Waals surface area contributed by atoms with Crippen LogP contribution in [0.15, 0.2) is 61.2 Å². The van der Waals surface area contributed by atoms with E-state index >= 15 is 4.39 Å². The van der Waals surface area contributed by atoms with Crippen LogP contribution in [-0.2, 0) is 21.5 Å². The molecule has 2 aromatic carbocycles. The van der Waals surface area contributed by atoms with Crippen LogP contribution in [0.1, 0.15) is 61.6 Å². The van der Waals surface area contributed by atoms with Crippen molar-refractivity contribution < 1.29 is 18.3 Å². The third-order valence-corrected chi connectivity index (χ3v) is 12.0. The van der Waals surface area contributed by atoms with Gasteiger partial charge in [0, 0.05) is 49.6 Å². The van der Waals surface area contributed by atoms with Crippen molar-refractivity contribution >= 4 is 11.7 Å². The van der Waals surface area contributed by atoms with E-state index in [9.17, 15) is 14.4 Å². The van der Waals surface area contributed by atoms with Gasteiger partial charge in [-0.15, -0.1) is 0 Å². The fraction of sp³-hybridized carbons (Fsp3) is 0.564. The van der Waals surface area contributed by atoms with Crippen LogP contribution in [-0.4, -0.2) is 90.5 Å². The summed E-state index contributed by atoms with van der Waals surface area (Å²) in [6.07, 6.45) is 11.8. The van der Waals surface area contributed by atoms with Crippen molar-refractivity contribution in [1.82, 2.24) is 19.4 Å². The number of imidazole rings is 1. The highest BCUT2D eigenvalue weighted by Gasteiger charge is 2.53. The van der Waals surface area contributed by atoms with E-state index in [1.165, 1.54) is 19.6 Å². The zero-order valence-electron chi connectivity index (χ0n) is 28.6. The lowest BCUT2D eigenvalue weighted by Crippen LogP contribution is -2.65. The Balaban J connectivity index is 1.05. The number of hydrogen-bond donors (Lipinski definition) is 0. The molecule has 0 radical (unpaired) electrons. The first-order valence-corrected chi connectivity index (χ1v) is 18.0. The van der Waals surface area contributed by atoms with E-state index < -0.39 is 5.67 Å². The van der Waals surface area contributed by atoms with E-state index in [2.05, 4.69) is 31.8 Å². The number of aromatic nitrogens is 2. The molecule has 1 saturated carbocycles. The average Bonchev–Trinajstić information content (AvgIpc) is 3.76. The van der Waals surface area contributed by atoms with Crippen molar-refractivity contribution in [3.8, 4) is 6.07 Å². The smallest absolute Gasteiger partial charge is 0.305 e. The summed E-state index contributed by atoms with van der Waals surface area (Å²) in [6, 6.07) is 15.3. The molecule has 8 nitrogen and oxygen atoms in total.